The van der Waals surface area contributed by atoms with E-state index in [0.717, 1.165) is 5.56 Å². The molecule has 6 nitrogen and oxygen atoms in total. The van der Waals surface area contributed by atoms with Crippen molar-refractivity contribution in [2.45, 2.75) is 18.4 Å². The van der Waals surface area contributed by atoms with Gasteiger partial charge in [0.25, 0.3) is 10.0 Å². The summed E-state index contributed by atoms with van der Waals surface area (Å²) in [6.07, 6.45) is 0. The average Bonchev–Trinajstić information content (AvgIpc) is 2.62. The van der Waals surface area contributed by atoms with Crippen molar-refractivity contribution < 1.29 is 8.42 Å². The van der Waals surface area contributed by atoms with Crippen molar-refractivity contribution in [3.05, 3.63) is 76.8 Å². The number of sulfonamides is 1. The lowest BCUT2D eigenvalue weighted by Crippen LogP contribution is -2.14. The predicted molar refractivity (Wildman–Crippen MR) is 103 cm³/mol. The molecule has 0 saturated heterocycles. The molecule has 3 aromatic rings. The number of benzene rings is 2. The second-order valence-corrected chi connectivity index (χ2v) is 7.77. The maximum absolute atomic E-state index is 12.3. The molecule has 2 aromatic carbocycles. The van der Waals surface area contributed by atoms with E-state index in [2.05, 4.69) is 20.2 Å². The fourth-order valence-corrected chi connectivity index (χ4v) is 3.60. The summed E-state index contributed by atoms with van der Waals surface area (Å²) in [6, 6.07) is 17.3. The van der Waals surface area contributed by atoms with E-state index in [9.17, 15) is 8.42 Å². The van der Waals surface area contributed by atoms with E-state index in [4.69, 9.17) is 11.6 Å². The van der Waals surface area contributed by atoms with Crippen molar-refractivity contribution in [3.63, 3.8) is 0 Å². The lowest BCUT2D eigenvalue weighted by atomic mass is 10.1. The molecule has 0 unspecified atom stereocenters. The van der Waals surface area contributed by atoms with E-state index in [1.54, 1.807) is 24.3 Å². The van der Waals surface area contributed by atoms with Gasteiger partial charge in [-0.25, -0.2) is 8.42 Å². The standard InChI is InChI=1S/C18H17ClN4O2S/c1-13-5-2-3-6-14(13)12-20-17-9-10-18(22-21-17)23-26(24,25)16-8-4-7-15(19)11-16/h2-11H,12H2,1H3,(H,20,21)(H,22,23). The molecule has 0 bridgehead atoms. The Bertz CT molecular complexity index is 1010. The lowest BCUT2D eigenvalue weighted by molar-refractivity contribution is 0.601. The lowest BCUT2D eigenvalue weighted by Gasteiger charge is -2.09. The molecular weight excluding hydrogens is 372 g/mol. The van der Waals surface area contributed by atoms with Gasteiger partial charge in [-0.2, -0.15) is 0 Å². The molecule has 0 atom stereocenters. The molecule has 0 aliphatic carbocycles. The van der Waals surface area contributed by atoms with Crippen LogP contribution in [-0.2, 0) is 16.6 Å². The third kappa shape index (κ3) is 4.50. The minimum Gasteiger partial charge on any atom is -0.364 e. The van der Waals surface area contributed by atoms with Crippen LogP contribution >= 0.6 is 11.6 Å². The average molecular weight is 389 g/mol. The van der Waals surface area contributed by atoms with Gasteiger partial charge in [0.05, 0.1) is 4.90 Å². The van der Waals surface area contributed by atoms with Gasteiger partial charge in [0.15, 0.2) is 5.82 Å². The van der Waals surface area contributed by atoms with E-state index in [1.165, 1.54) is 17.7 Å². The zero-order valence-electron chi connectivity index (χ0n) is 14.0. The van der Waals surface area contributed by atoms with Crippen LogP contribution in [0.15, 0.2) is 65.6 Å². The number of rotatable bonds is 6. The summed E-state index contributed by atoms with van der Waals surface area (Å²) in [4.78, 5) is 0.0635. The maximum Gasteiger partial charge on any atom is 0.263 e. The Kier molecular flexibility index (Phi) is 5.39. The first kappa shape index (κ1) is 18.2. The molecular formula is C18H17ClN4O2S. The summed E-state index contributed by atoms with van der Waals surface area (Å²) in [5.41, 5.74) is 2.33. The third-order valence-electron chi connectivity index (χ3n) is 3.73. The Hall–Kier alpha value is -2.64. The number of hydrogen-bond acceptors (Lipinski definition) is 5. The van der Waals surface area contributed by atoms with E-state index in [0.29, 0.717) is 17.4 Å². The molecule has 0 aliphatic heterocycles. The van der Waals surface area contributed by atoms with Crippen molar-refractivity contribution in [1.29, 1.82) is 0 Å². The molecule has 2 N–H and O–H groups in total. The van der Waals surface area contributed by atoms with Crippen LogP contribution in [0.1, 0.15) is 11.1 Å². The predicted octanol–water partition coefficient (Wildman–Crippen LogP) is 3.85. The molecule has 1 aromatic heterocycles. The molecule has 0 fully saturated rings. The van der Waals surface area contributed by atoms with Gasteiger partial charge in [-0.1, -0.05) is 41.9 Å². The van der Waals surface area contributed by atoms with Gasteiger partial charge in [-0.05, 0) is 48.4 Å². The molecule has 0 aliphatic rings. The highest BCUT2D eigenvalue weighted by molar-refractivity contribution is 7.92. The minimum atomic E-state index is -3.77. The normalized spacial score (nSPS) is 11.2. The molecule has 134 valence electrons. The number of aryl methyl sites for hydroxylation is 1. The second-order valence-electron chi connectivity index (χ2n) is 5.65. The molecule has 3 rings (SSSR count). The number of hydrogen-bond donors (Lipinski definition) is 2. The van der Waals surface area contributed by atoms with Crippen LogP contribution in [0.4, 0.5) is 11.6 Å². The van der Waals surface area contributed by atoms with Crippen LogP contribution in [0.2, 0.25) is 5.02 Å². The molecule has 0 saturated carbocycles. The van der Waals surface area contributed by atoms with Crippen molar-refractivity contribution >= 4 is 33.3 Å². The van der Waals surface area contributed by atoms with Gasteiger partial charge in [0, 0.05) is 11.6 Å². The number of aromatic nitrogens is 2. The first-order valence-corrected chi connectivity index (χ1v) is 9.71. The van der Waals surface area contributed by atoms with E-state index in [1.807, 2.05) is 31.2 Å². The first-order chi connectivity index (χ1) is 12.4. The monoisotopic (exact) mass is 388 g/mol. The summed E-state index contributed by atoms with van der Waals surface area (Å²) in [5.74, 6) is 0.686. The van der Waals surface area contributed by atoms with Gasteiger partial charge in [-0.15, -0.1) is 10.2 Å². The highest BCUT2D eigenvalue weighted by Crippen LogP contribution is 2.18. The number of nitrogens with zero attached hydrogens (tertiary/aromatic N) is 2. The minimum absolute atomic E-state index is 0.0635. The highest BCUT2D eigenvalue weighted by atomic mass is 35.5. The number of halogens is 1. The Labute approximate surface area is 157 Å². The summed E-state index contributed by atoms with van der Waals surface area (Å²) in [5, 5.41) is 11.4. The Morgan fingerprint density at radius 1 is 0.962 bits per heavy atom. The van der Waals surface area contributed by atoms with Gasteiger partial charge >= 0.3 is 0 Å². The van der Waals surface area contributed by atoms with E-state index < -0.39 is 10.0 Å². The molecule has 0 spiro atoms. The molecule has 26 heavy (non-hydrogen) atoms. The highest BCUT2D eigenvalue weighted by Gasteiger charge is 2.15. The maximum atomic E-state index is 12.3. The van der Waals surface area contributed by atoms with Gasteiger partial charge in [-0.3, -0.25) is 4.72 Å². The topological polar surface area (TPSA) is 84.0 Å². The van der Waals surface area contributed by atoms with Crippen molar-refractivity contribution in [3.8, 4) is 0 Å². The van der Waals surface area contributed by atoms with Gasteiger partial charge in [0.1, 0.15) is 5.82 Å². The van der Waals surface area contributed by atoms with Crippen LogP contribution in [0, 0.1) is 6.92 Å². The summed E-state index contributed by atoms with van der Waals surface area (Å²) in [6.45, 7) is 2.64. The van der Waals surface area contributed by atoms with Crippen molar-refractivity contribution in [2.24, 2.45) is 0 Å². The summed E-state index contributed by atoms with van der Waals surface area (Å²) in [7, 11) is -3.77. The summed E-state index contributed by atoms with van der Waals surface area (Å²) >= 11 is 5.84. The number of nitrogens with one attached hydrogen (secondary N) is 2. The SMILES string of the molecule is Cc1ccccc1CNc1ccc(NS(=O)(=O)c2cccc(Cl)c2)nn1. The number of anilines is 2. The third-order valence-corrected chi connectivity index (χ3v) is 5.32. The van der Waals surface area contributed by atoms with E-state index in [-0.39, 0.29) is 10.7 Å². The zero-order chi connectivity index (χ0) is 18.6. The van der Waals surface area contributed by atoms with Gasteiger partial charge in [0.2, 0.25) is 0 Å². The fourth-order valence-electron chi connectivity index (χ4n) is 2.31. The van der Waals surface area contributed by atoms with Crippen LogP contribution < -0.4 is 10.0 Å². The molecule has 8 heteroatoms. The zero-order valence-corrected chi connectivity index (χ0v) is 15.6. The van der Waals surface area contributed by atoms with Crippen LogP contribution in [0.25, 0.3) is 0 Å². The van der Waals surface area contributed by atoms with Crippen molar-refractivity contribution in [2.75, 3.05) is 10.0 Å². The molecule has 1 heterocycles. The Balaban J connectivity index is 1.67. The molecule has 0 radical (unpaired) electrons. The Morgan fingerprint density at radius 2 is 1.69 bits per heavy atom. The smallest absolute Gasteiger partial charge is 0.263 e. The van der Waals surface area contributed by atoms with E-state index >= 15 is 0 Å². The van der Waals surface area contributed by atoms with Gasteiger partial charge < -0.3 is 5.32 Å². The second kappa shape index (κ2) is 7.72. The molecule has 0 amide bonds. The quantitative estimate of drug-likeness (QED) is 0.670. The van der Waals surface area contributed by atoms with Crippen LogP contribution in [-0.4, -0.2) is 18.6 Å². The summed E-state index contributed by atoms with van der Waals surface area (Å²) < 4.78 is 27.1. The largest absolute Gasteiger partial charge is 0.364 e. The van der Waals surface area contributed by atoms with Crippen molar-refractivity contribution in [1.82, 2.24) is 10.2 Å². The first-order valence-electron chi connectivity index (χ1n) is 7.84. The fraction of sp³-hybridized carbons (Fsp3) is 0.111. The van der Waals surface area contributed by atoms with Crippen LogP contribution in [0.5, 0.6) is 0 Å². The Morgan fingerprint density at radius 3 is 2.38 bits per heavy atom. The van der Waals surface area contributed by atoms with Crippen LogP contribution in [0.3, 0.4) is 0 Å².